The average molecular weight is 486 g/mol. The maximum atomic E-state index is 13.5. The predicted octanol–water partition coefficient (Wildman–Crippen LogP) is 2.91. The Kier molecular flexibility index (Phi) is 5.63. The van der Waals surface area contributed by atoms with Crippen LogP contribution in [0.4, 0.5) is 0 Å². The van der Waals surface area contributed by atoms with Crippen LogP contribution < -0.4 is 4.74 Å². The second-order valence-electron chi connectivity index (χ2n) is 9.41. The third kappa shape index (κ3) is 3.98. The molecule has 184 valence electrons. The first kappa shape index (κ1) is 22.3. The number of benzene rings is 2. The number of aromatic amines is 2. The minimum atomic E-state index is -0.0835. The van der Waals surface area contributed by atoms with Crippen molar-refractivity contribution in [2.24, 2.45) is 0 Å². The number of hydrogen-bond donors (Lipinski definition) is 2. The lowest BCUT2D eigenvalue weighted by molar-refractivity contribution is 0.0699. The molecule has 0 radical (unpaired) electrons. The number of nitrogens with zero attached hydrogens (tertiary/aromatic N) is 5. The predicted molar refractivity (Wildman–Crippen MR) is 132 cm³/mol. The van der Waals surface area contributed by atoms with E-state index in [0.717, 1.165) is 41.9 Å². The second kappa shape index (κ2) is 9.10. The van der Waals surface area contributed by atoms with Gasteiger partial charge in [-0.15, -0.1) is 5.10 Å². The van der Waals surface area contributed by atoms with Gasteiger partial charge in [-0.2, -0.15) is 5.10 Å². The Labute approximate surface area is 207 Å². The first-order chi connectivity index (χ1) is 17.6. The van der Waals surface area contributed by atoms with E-state index in [-0.39, 0.29) is 11.8 Å². The molecule has 1 saturated heterocycles. The Morgan fingerprint density at radius 1 is 1.03 bits per heavy atom. The highest BCUT2D eigenvalue weighted by molar-refractivity contribution is 5.98. The van der Waals surface area contributed by atoms with Crippen LogP contribution in [0.2, 0.25) is 0 Å². The summed E-state index contributed by atoms with van der Waals surface area (Å²) in [5.74, 6) is 1.03. The van der Waals surface area contributed by atoms with E-state index in [1.807, 2.05) is 17.0 Å². The number of fused-ring (bicyclic) bond motifs is 2. The molecule has 0 saturated carbocycles. The maximum Gasteiger partial charge on any atom is 0.272 e. The van der Waals surface area contributed by atoms with Crippen molar-refractivity contribution < 1.29 is 14.3 Å². The molecule has 1 unspecified atom stereocenters. The molecule has 10 heteroatoms. The molecule has 0 spiro atoms. The molecular formula is C26H27N7O3. The number of aromatic nitrogens is 5. The average Bonchev–Trinajstić information content (AvgIpc) is 3.58. The standard InChI is InChI=1S/C26H27N7O3/c1-36-19-7-4-16(5-8-19)18-3-2-11-32(14-18)26(35)24-20-10-12-33(15-23(20)27-30-24)25(34)17-6-9-21-22(13-17)29-31-28-21/h4-9,13,18H,2-3,10-12,14-15H2,1H3,(H,27,30)(H,28,29,31). The Morgan fingerprint density at radius 3 is 2.72 bits per heavy atom. The Hall–Kier alpha value is -4.21. The summed E-state index contributed by atoms with van der Waals surface area (Å²) >= 11 is 0. The summed E-state index contributed by atoms with van der Waals surface area (Å²) in [6.45, 7) is 2.29. The van der Waals surface area contributed by atoms with E-state index in [2.05, 4.69) is 37.7 Å². The highest BCUT2D eigenvalue weighted by atomic mass is 16.5. The van der Waals surface area contributed by atoms with Gasteiger partial charge in [-0.3, -0.25) is 19.8 Å². The van der Waals surface area contributed by atoms with Crippen LogP contribution in [-0.4, -0.2) is 74.0 Å². The van der Waals surface area contributed by atoms with E-state index in [1.165, 1.54) is 5.56 Å². The van der Waals surface area contributed by atoms with Gasteiger partial charge in [0.25, 0.3) is 11.8 Å². The molecule has 2 N–H and O–H groups in total. The largest absolute Gasteiger partial charge is 0.497 e. The lowest BCUT2D eigenvalue weighted by Crippen LogP contribution is -2.40. The van der Waals surface area contributed by atoms with Gasteiger partial charge in [-0.25, -0.2) is 0 Å². The first-order valence-electron chi connectivity index (χ1n) is 12.2. The van der Waals surface area contributed by atoms with E-state index in [9.17, 15) is 9.59 Å². The van der Waals surface area contributed by atoms with Crippen molar-refractivity contribution in [2.45, 2.75) is 31.7 Å². The molecular weight excluding hydrogens is 458 g/mol. The van der Waals surface area contributed by atoms with Gasteiger partial charge in [-0.05, 0) is 55.2 Å². The lowest BCUT2D eigenvalue weighted by atomic mass is 9.90. The third-order valence-electron chi connectivity index (χ3n) is 7.29. The molecule has 2 aromatic carbocycles. The minimum Gasteiger partial charge on any atom is -0.497 e. The Bertz CT molecular complexity index is 1430. The molecule has 2 aromatic heterocycles. The van der Waals surface area contributed by atoms with Crippen LogP contribution in [-0.2, 0) is 13.0 Å². The van der Waals surface area contributed by atoms with Crippen molar-refractivity contribution in [2.75, 3.05) is 26.7 Å². The van der Waals surface area contributed by atoms with Crippen LogP contribution in [0.15, 0.2) is 42.5 Å². The van der Waals surface area contributed by atoms with E-state index in [1.54, 1.807) is 30.2 Å². The summed E-state index contributed by atoms with van der Waals surface area (Å²) in [4.78, 5) is 30.3. The molecule has 10 nitrogen and oxygen atoms in total. The monoisotopic (exact) mass is 485 g/mol. The molecule has 2 aliphatic heterocycles. The van der Waals surface area contributed by atoms with Crippen molar-refractivity contribution in [1.82, 2.24) is 35.4 Å². The number of likely N-dealkylation sites (tertiary alicyclic amines) is 1. The Morgan fingerprint density at radius 2 is 1.89 bits per heavy atom. The fourth-order valence-electron chi connectivity index (χ4n) is 5.28. The van der Waals surface area contributed by atoms with Crippen molar-refractivity contribution in [1.29, 1.82) is 0 Å². The zero-order valence-electron chi connectivity index (χ0n) is 20.0. The van der Waals surface area contributed by atoms with Gasteiger partial charge in [0.15, 0.2) is 0 Å². The SMILES string of the molecule is COc1ccc(C2CCCN(C(=O)c3[nH]nc4c3CCN(C(=O)c3ccc5[nH]nnc5c3)C4)C2)cc1. The fraction of sp³-hybridized carbons (Fsp3) is 0.346. The van der Waals surface area contributed by atoms with Gasteiger partial charge in [0, 0.05) is 36.7 Å². The second-order valence-corrected chi connectivity index (χ2v) is 9.41. The number of carbonyl (C=O) groups is 2. The van der Waals surface area contributed by atoms with Gasteiger partial charge in [-0.1, -0.05) is 17.3 Å². The molecule has 1 atom stereocenters. The normalized spacial score (nSPS) is 17.8. The summed E-state index contributed by atoms with van der Waals surface area (Å²) in [7, 11) is 1.66. The number of methoxy groups -OCH3 is 1. The van der Waals surface area contributed by atoms with Gasteiger partial charge in [0.1, 0.15) is 17.0 Å². The summed E-state index contributed by atoms with van der Waals surface area (Å²) in [5, 5.41) is 18.0. The number of hydrogen-bond acceptors (Lipinski definition) is 6. The number of piperidine rings is 1. The quantitative estimate of drug-likeness (QED) is 0.459. The zero-order valence-corrected chi connectivity index (χ0v) is 20.0. The number of nitrogens with one attached hydrogen (secondary N) is 2. The Balaban J connectivity index is 1.15. The number of ether oxygens (including phenoxy) is 1. The molecule has 0 aliphatic carbocycles. The number of rotatable bonds is 4. The van der Waals surface area contributed by atoms with Gasteiger partial charge < -0.3 is 14.5 Å². The minimum absolute atomic E-state index is 0.0155. The molecule has 36 heavy (non-hydrogen) atoms. The highest BCUT2D eigenvalue weighted by Crippen LogP contribution is 2.30. The molecule has 4 aromatic rings. The summed E-state index contributed by atoms with van der Waals surface area (Å²) in [6, 6.07) is 13.4. The molecule has 2 aliphatic rings. The van der Waals surface area contributed by atoms with Crippen molar-refractivity contribution >= 4 is 22.8 Å². The molecule has 2 amide bonds. The first-order valence-corrected chi connectivity index (χ1v) is 12.2. The smallest absolute Gasteiger partial charge is 0.272 e. The maximum absolute atomic E-state index is 13.5. The lowest BCUT2D eigenvalue weighted by Gasteiger charge is -2.33. The van der Waals surface area contributed by atoms with Crippen LogP contribution in [0.5, 0.6) is 5.75 Å². The third-order valence-corrected chi connectivity index (χ3v) is 7.29. The summed E-state index contributed by atoms with van der Waals surface area (Å²) < 4.78 is 5.27. The molecule has 1 fully saturated rings. The fourth-order valence-corrected chi connectivity index (χ4v) is 5.28. The number of carbonyl (C=O) groups excluding carboxylic acids is 2. The van der Waals surface area contributed by atoms with E-state index >= 15 is 0 Å². The summed E-state index contributed by atoms with van der Waals surface area (Å²) in [6.07, 6.45) is 2.59. The van der Waals surface area contributed by atoms with E-state index in [4.69, 9.17) is 4.74 Å². The highest BCUT2D eigenvalue weighted by Gasteiger charge is 2.32. The van der Waals surface area contributed by atoms with Crippen LogP contribution in [0.3, 0.4) is 0 Å². The van der Waals surface area contributed by atoms with Crippen molar-refractivity contribution in [3.05, 3.63) is 70.5 Å². The van der Waals surface area contributed by atoms with Crippen LogP contribution >= 0.6 is 0 Å². The van der Waals surface area contributed by atoms with Gasteiger partial charge >= 0.3 is 0 Å². The van der Waals surface area contributed by atoms with E-state index in [0.29, 0.717) is 48.7 Å². The zero-order chi connectivity index (χ0) is 24.6. The van der Waals surface area contributed by atoms with Crippen LogP contribution in [0, 0.1) is 0 Å². The molecule has 6 rings (SSSR count). The van der Waals surface area contributed by atoms with Crippen molar-refractivity contribution in [3.63, 3.8) is 0 Å². The summed E-state index contributed by atoms with van der Waals surface area (Å²) in [5.41, 5.74) is 5.45. The number of amides is 2. The number of H-pyrrole nitrogens is 2. The van der Waals surface area contributed by atoms with E-state index < -0.39 is 0 Å². The van der Waals surface area contributed by atoms with Gasteiger partial charge in [0.05, 0.1) is 24.9 Å². The molecule has 0 bridgehead atoms. The topological polar surface area (TPSA) is 120 Å². The van der Waals surface area contributed by atoms with Crippen LogP contribution in [0.25, 0.3) is 11.0 Å². The van der Waals surface area contributed by atoms with Gasteiger partial charge in [0.2, 0.25) is 0 Å². The van der Waals surface area contributed by atoms with Crippen LogP contribution in [0.1, 0.15) is 56.4 Å². The van der Waals surface area contributed by atoms with Crippen molar-refractivity contribution in [3.8, 4) is 5.75 Å². The molecule has 4 heterocycles.